The Balaban J connectivity index is 2.20. The summed E-state index contributed by atoms with van der Waals surface area (Å²) >= 11 is 0. The van der Waals surface area contributed by atoms with Crippen LogP contribution in [0.3, 0.4) is 0 Å². The van der Waals surface area contributed by atoms with Crippen LogP contribution < -0.4 is 5.32 Å². The fourth-order valence-electron chi connectivity index (χ4n) is 2.65. The molecule has 0 saturated carbocycles. The van der Waals surface area contributed by atoms with Gasteiger partial charge < -0.3 is 5.32 Å². The summed E-state index contributed by atoms with van der Waals surface area (Å²) in [4.78, 5) is 2.25. The SMILES string of the molecule is CC1(C)CN(Cc2cccc(C(F)(F)F)c2)C(C)(C)CN1. The minimum atomic E-state index is -4.28. The Kier molecular flexibility index (Phi) is 4.10. The highest BCUT2D eigenvalue weighted by Crippen LogP contribution is 2.31. The second kappa shape index (κ2) is 5.29. The number of alkyl halides is 3. The van der Waals surface area contributed by atoms with Crippen LogP contribution in [0.4, 0.5) is 13.2 Å². The summed E-state index contributed by atoms with van der Waals surface area (Å²) in [7, 11) is 0. The average Bonchev–Trinajstić information content (AvgIpc) is 2.34. The van der Waals surface area contributed by atoms with E-state index in [9.17, 15) is 13.2 Å². The highest BCUT2D eigenvalue weighted by molar-refractivity contribution is 5.26. The van der Waals surface area contributed by atoms with Crippen LogP contribution >= 0.6 is 0 Å². The van der Waals surface area contributed by atoms with Gasteiger partial charge in [0, 0.05) is 30.7 Å². The molecule has 2 nitrogen and oxygen atoms in total. The van der Waals surface area contributed by atoms with Crippen molar-refractivity contribution in [1.82, 2.24) is 10.2 Å². The molecule has 0 aliphatic carbocycles. The largest absolute Gasteiger partial charge is 0.416 e. The zero-order valence-electron chi connectivity index (χ0n) is 13.0. The van der Waals surface area contributed by atoms with E-state index >= 15 is 0 Å². The van der Waals surface area contributed by atoms with E-state index in [1.807, 2.05) is 0 Å². The summed E-state index contributed by atoms with van der Waals surface area (Å²) in [5.74, 6) is 0. The summed E-state index contributed by atoms with van der Waals surface area (Å²) in [6.07, 6.45) is -4.28. The molecular weight excluding hydrogens is 277 g/mol. The number of benzene rings is 1. The molecule has 21 heavy (non-hydrogen) atoms. The molecule has 0 radical (unpaired) electrons. The van der Waals surface area contributed by atoms with Gasteiger partial charge in [0.2, 0.25) is 0 Å². The third kappa shape index (κ3) is 3.98. The molecule has 5 heteroatoms. The number of hydrogen-bond donors (Lipinski definition) is 1. The van der Waals surface area contributed by atoms with E-state index in [4.69, 9.17) is 0 Å². The molecular formula is C16H23F3N2. The Morgan fingerprint density at radius 2 is 1.86 bits per heavy atom. The minimum Gasteiger partial charge on any atom is -0.309 e. The molecule has 118 valence electrons. The van der Waals surface area contributed by atoms with Crippen LogP contribution in [0.1, 0.15) is 38.8 Å². The molecule has 1 aliphatic heterocycles. The van der Waals surface area contributed by atoms with Crippen molar-refractivity contribution in [3.05, 3.63) is 35.4 Å². The summed E-state index contributed by atoms with van der Waals surface area (Å²) < 4.78 is 38.4. The first kappa shape index (κ1) is 16.3. The number of rotatable bonds is 2. The van der Waals surface area contributed by atoms with E-state index in [2.05, 4.69) is 37.9 Å². The molecule has 1 aromatic carbocycles. The monoisotopic (exact) mass is 300 g/mol. The predicted molar refractivity (Wildman–Crippen MR) is 78.0 cm³/mol. The highest BCUT2D eigenvalue weighted by atomic mass is 19.4. The first-order valence-corrected chi connectivity index (χ1v) is 7.16. The van der Waals surface area contributed by atoms with Gasteiger partial charge in [-0.15, -0.1) is 0 Å². The van der Waals surface area contributed by atoms with E-state index in [0.29, 0.717) is 12.1 Å². The van der Waals surface area contributed by atoms with Crippen LogP contribution in [0, 0.1) is 0 Å². The fourth-order valence-corrected chi connectivity index (χ4v) is 2.65. The van der Waals surface area contributed by atoms with Gasteiger partial charge in [0.25, 0.3) is 0 Å². The molecule has 1 aromatic rings. The molecule has 1 aliphatic rings. The van der Waals surface area contributed by atoms with Crippen molar-refractivity contribution in [2.24, 2.45) is 0 Å². The van der Waals surface area contributed by atoms with Gasteiger partial charge in [-0.1, -0.05) is 18.2 Å². The molecule has 0 bridgehead atoms. The topological polar surface area (TPSA) is 15.3 Å². The lowest BCUT2D eigenvalue weighted by molar-refractivity contribution is -0.137. The number of nitrogens with one attached hydrogen (secondary N) is 1. The Morgan fingerprint density at radius 1 is 1.19 bits per heavy atom. The maximum Gasteiger partial charge on any atom is 0.416 e. The molecule has 0 amide bonds. The molecule has 1 saturated heterocycles. The first-order valence-electron chi connectivity index (χ1n) is 7.16. The zero-order valence-corrected chi connectivity index (χ0v) is 13.0. The van der Waals surface area contributed by atoms with Crippen LogP contribution in [0.5, 0.6) is 0 Å². The third-order valence-electron chi connectivity index (χ3n) is 4.07. The van der Waals surface area contributed by atoms with Crippen molar-refractivity contribution in [2.75, 3.05) is 13.1 Å². The normalized spacial score (nSPS) is 22.2. The fraction of sp³-hybridized carbons (Fsp3) is 0.625. The van der Waals surface area contributed by atoms with Crippen molar-refractivity contribution in [3.63, 3.8) is 0 Å². The summed E-state index contributed by atoms with van der Waals surface area (Å²) in [5, 5.41) is 3.48. The molecule has 0 aromatic heterocycles. The predicted octanol–water partition coefficient (Wildman–Crippen LogP) is 3.67. The molecule has 0 unspecified atom stereocenters. The Morgan fingerprint density at radius 3 is 2.48 bits per heavy atom. The second-order valence-corrected chi connectivity index (χ2v) is 7.10. The third-order valence-corrected chi connectivity index (χ3v) is 4.07. The van der Waals surface area contributed by atoms with Crippen molar-refractivity contribution < 1.29 is 13.2 Å². The van der Waals surface area contributed by atoms with Crippen molar-refractivity contribution in [2.45, 2.75) is 51.5 Å². The van der Waals surface area contributed by atoms with E-state index in [1.54, 1.807) is 6.07 Å². The minimum absolute atomic E-state index is 0.0306. The van der Waals surface area contributed by atoms with Crippen molar-refractivity contribution >= 4 is 0 Å². The van der Waals surface area contributed by atoms with E-state index in [1.165, 1.54) is 12.1 Å². The number of hydrogen-bond acceptors (Lipinski definition) is 2. The maximum absolute atomic E-state index is 12.8. The Hall–Kier alpha value is -1.07. The van der Waals surface area contributed by atoms with E-state index in [0.717, 1.165) is 19.2 Å². The molecule has 1 heterocycles. The summed E-state index contributed by atoms with van der Waals surface area (Å²) in [6.45, 7) is 10.6. The van der Waals surface area contributed by atoms with Crippen LogP contribution in [-0.2, 0) is 12.7 Å². The van der Waals surface area contributed by atoms with Gasteiger partial charge in [-0.05, 0) is 39.3 Å². The van der Waals surface area contributed by atoms with Crippen LogP contribution in [0.15, 0.2) is 24.3 Å². The van der Waals surface area contributed by atoms with Gasteiger partial charge in [0.15, 0.2) is 0 Å². The second-order valence-electron chi connectivity index (χ2n) is 7.10. The number of nitrogens with zero attached hydrogens (tertiary/aromatic N) is 1. The van der Waals surface area contributed by atoms with E-state index < -0.39 is 11.7 Å². The standard InChI is InChI=1S/C16H23F3N2/c1-14(2)11-21(15(3,4)10-20-14)9-12-6-5-7-13(8-12)16(17,18)19/h5-8,20H,9-11H2,1-4H3. The van der Waals surface area contributed by atoms with Gasteiger partial charge in [0.1, 0.15) is 0 Å². The van der Waals surface area contributed by atoms with Crippen LogP contribution in [0.25, 0.3) is 0 Å². The lowest BCUT2D eigenvalue weighted by Gasteiger charge is -2.49. The Labute approximate surface area is 124 Å². The van der Waals surface area contributed by atoms with Crippen molar-refractivity contribution in [1.29, 1.82) is 0 Å². The number of piperazine rings is 1. The van der Waals surface area contributed by atoms with Gasteiger partial charge in [-0.25, -0.2) is 0 Å². The lowest BCUT2D eigenvalue weighted by Crippen LogP contribution is -2.65. The average molecular weight is 300 g/mol. The van der Waals surface area contributed by atoms with Gasteiger partial charge in [0.05, 0.1) is 5.56 Å². The van der Waals surface area contributed by atoms with E-state index in [-0.39, 0.29) is 11.1 Å². The maximum atomic E-state index is 12.8. The molecule has 1 fully saturated rings. The van der Waals surface area contributed by atoms with Crippen molar-refractivity contribution in [3.8, 4) is 0 Å². The lowest BCUT2D eigenvalue weighted by atomic mass is 9.91. The highest BCUT2D eigenvalue weighted by Gasteiger charge is 2.37. The molecule has 0 atom stereocenters. The molecule has 1 N–H and O–H groups in total. The molecule has 2 rings (SSSR count). The van der Waals surface area contributed by atoms with Gasteiger partial charge >= 0.3 is 6.18 Å². The van der Waals surface area contributed by atoms with Crippen LogP contribution in [-0.4, -0.2) is 29.1 Å². The van der Waals surface area contributed by atoms with Crippen LogP contribution in [0.2, 0.25) is 0 Å². The molecule has 0 spiro atoms. The van der Waals surface area contributed by atoms with Gasteiger partial charge in [-0.2, -0.15) is 13.2 Å². The zero-order chi connectivity index (χ0) is 15.9. The quantitative estimate of drug-likeness (QED) is 0.896. The first-order chi connectivity index (χ1) is 9.50. The van der Waals surface area contributed by atoms with Gasteiger partial charge in [-0.3, -0.25) is 4.90 Å². The summed E-state index contributed by atoms with van der Waals surface area (Å²) in [5.41, 5.74) is 0.0174. The summed E-state index contributed by atoms with van der Waals surface area (Å²) in [6, 6.07) is 5.63. The smallest absolute Gasteiger partial charge is 0.309 e. The number of halogens is 3. The Bertz CT molecular complexity index is 506.